The Kier molecular flexibility index (Phi) is 4.74. The van der Waals surface area contributed by atoms with Gasteiger partial charge in [-0.05, 0) is 77.6 Å². The highest BCUT2D eigenvalue weighted by atomic mass is 19.1. The van der Waals surface area contributed by atoms with Crippen molar-refractivity contribution >= 4 is 23.0 Å². The molecule has 5 heteroatoms. The highest BCUT2D eigenvalue weighted by Crippen LogP contribution is 2.45. The molecule has 0 fully saturated rings. The van der Waals surface area contributed by atoms with Crippen LogP contribution in [-0.2, 0) is 6.42 Å². The lowest BCUT2D eigenvalue weighted by Crippen LogP contribution is -2.35. The molecule has 1 unspecified atom stereocenters. The average molecular weight is 390 g/mol. The number of carbonyl (C=O) groups is 1. The summed E-state index contributed by atoms with van der Waals surface area (Å²) in [5, 5.41) is 16.1. The molecule has 0 spiro atoms. The first kappa shape index (κ1) is 19.0. The third-order valence-corrected chi connectivity index (χ3v) is 5.46. The normalized spacial score (nSPS) is 17.1. The molecule has 1 aliphatic rings. The van der Waals surface area contributed by atoms with E-state index < -0.39 is 5.97 Å². The average Bonchev–Trinajstić information content (AvgIpc) is 2.69. The Hall–Kier alpha value is -3.34. The van der Waals surface area contributed by atoms with Crippen LogP contribution < -0.4 is 10.6 Å². The monoisotopic (exact) mass is 390 g/mol. The predicted molar refractivity (Wildman–Crippen MR) is 113 cm³/mol. The second kappa shape index (κ2) is 7.24. The molecule has 0 radical (unpaired) electrons. The number of hydrogen-bond donors (Lipinski definition) is 3. The summed E-state index contributed by atoms with van der Waals surface area (Å²) in [7, 11) is 0. The van der Waals surface area contributed by atoms with Crippen LogP contribution in [-0.4, -0.2) is 11.1 Å². The third kappa shape index (κ3) is 3.94. The van der Waals surface area contributed by atoms with Crippen LogP contribution in [0.15, 0.2) is 66.7 Å². The van der Waals surface area contributed by atoms with Crippen molar-refractivity contribution in [2.75, 3.05) is 10.6 Å². The zero-order valence-electron chi connectivity index (χ0n) is 16.4. The summed E-state index contributed by atoms with van der Waals surface area (Å²) in [6.07, 6.45) is 0.788. The van der Waals surface area contributed by atoms with Crippen molar-refractivity contribution in [1.29, 1.82) is 0 Å². The van der Waals surface area contributed by atoms with Gasteiger partial charge in [0.05, 0.1) is 11.6 Å². The number of carboxylic acids is 1. The van der Waals surface area contributed by atoms with Crippen molar-refractivity contribution in [3.63, 3.8) is 0 Å². The number of nitrogens with one attached hydrogen (secondary N) is 2. The van der Waals surface area contributed by atoms with Crippen LogP contribution in [0.5, 0.6) is 0 Å². The Balaban J connectivity index is 1.56. The summed E-state index contributed by atoms with van der Waals surface area (Å²) >= 11 is 0. The Bertz CT molecular complexity index is 1040. The van der Waals surface area contributed by atoms with Crippen LogP contribution >= 0.6 is 0 Å². The maximum absolute atomic E-state index is 13.1. The van der Waals surface area contributed by atoms with Gasteiger partial charge in [-0.15, -0.1) is 0 Å². The molecule has 0 bridgehead atoms. The van der Waals surface area contributed by atoms with Crippen molar-refractivity contribution < 1.29 is 14.3 Å². The summed E-state index contributed by atoms with van der Waals surface area (Å²) in [4.78, 5) is 11.3. The van der Waals surface area contributed by atoms with Gasteiger partial charge in [-0.25, -0.2) is 9.18 Å². The molecular formula is C24H23FN2O2. The minimum atomic E-state index is -0.906. The van der Waals surface area contributed by atoms with Gasteiger partial charge in [-0.1, -0.05) is 26.0 Å². The smallest absolute Gasteiger partial charge is 0.335 e. The summed E-state index contributed by atoms with van der Waals surface area (Å²) < 4.78 is 13.1. The molecule has 0 saturated heterocycles. The van der Waals surface area contributed by atoms with Gasteiger partial charge in [0.15, 0.2) is 0 Å². The molecular weight excluding hydrogens is 367 g/mol. The summed E-state index contributed by atoms with van der Waals surface area (Å²) in [5.74, 6) is -1.16. The second-order valence-corrected chi connectivity index (χ2v) is 8.17. The van der Waals surface area contributed by atoms with Crippen LogP contribution in [0.2, 0.25) is 0 Å². The summed E-state index contributed by atoms with van der Waals surface area (Å²) in [6, 6.07) is 19.8. The van der Waals surface area contributed by atoms with Crippen LogP contribution in [0.25, 0.3) is 0 Å². The van der Waals surface area contributed by atoms with Crippen molar-refractivity contribution in [2.24, 2.45) is 5.41 Å². The van der Waals surface area contributed by atoms with E-state index in [1.165, 1.54) is 12.1 Å². The Morgan fingerprint density at radius 1 is 1.03 bits per heavy atom. The first-order chi connectivity index (χ1) is 13.8. The van der Waals surface area contributed by atoms with Gasteiger partial charge in [0.25, 0.3) is 0 Å². The van der Waals surface area contributed by atoms with E-state index in [4.69, 9.17) is 0 Å². The highest BCUT2D eigenvalue weighted by Gasteiger charge is 2.36. The van der Waals surface area contributed by atoms with E-state index in [1.54, 1.807) is 24.3 Å². The fraction of sp³-hybridized carbons (Fsp3) is 0.208. The minimum Gasteiger partial charge on any atom is -0.478 e. The number of fused-ring (bicyclic) bond motifs is 1. The summed E-state index contributed by atoms with van der Waals surface area (Å²) in [6.45, 7) is 4.37. The SMILES string of the molecule is CC1(C)Cc2cc(C(=O)O)ccc2NC1c1ccc(Nc2ccc(F)cc2)cc1. The Morgan fingerprint density at radius 3 is 2.28 bits per heavy atom. The van der Waals surface area contributed by atoms with Crippen LogP contribution in [0.3, 0.4) is 0 Å². The number of aromatic carboxylic acids is 1. The lowest BCUT2D eigenvalue weighted by atomic mass is 9.72. The fourth-order valence-corrected chi connectivity index (χ4v) is 3.95. The molecule has 1 aliphatic heterocycles. The predicted octanol–water partition coefficient (Wildman–Crippen LogP) is 6.00. The number of carboxylic acid groups (broad SMARTS) is 1. The molecule has 3 N–H and O–H groups in total. The number of rotatable bonds is 4. The quantitative estimate of drug-likeness (QED) is 0.511. The van der Waals surface area contributed by atoms with Gasteiger partial charge in [-0.2, -0.15) is 0 Å². The van der Waals surface area contributed by atoms with Crippen molar-refractivity contribution in [3.8, 4) is 0 Å². The van der Waals surface area contributed by atoms with Crippen LogP contribution in [0.1, 0.15) is 41.4 Å². The summed E-state index contributed by atoms with van der Waals surface area (Å²) in [5.41, 5.74) is 5.16. The zero-order chi connectivity index (χ0) is 20.6. The standard InChI is InChI=1S/C24H23FN2O2/c1-24(2)14-17-13-16(23(28)29)5-12-21(17)27-22(24)15-3-8-19(9-4-15)26-20-10-6-18(25)7-11-20/h3-13,22,26-27H,14H2,1-2H3,(H,28,29). The maximum atomic E-state index is 13.1. The van der Waals surface area contributed by atoms with E-state index in [0.29, 0.717) is 5.56 Å². The van der Waals surface area contributed by atoms with Gasteiger partial charge in [-0.3, -0.25) is 0 Å². The molecule has 0 amide bonds. The van der Waals surface area contributed by atoms with Gasteiger partial charge in [0.2, 0.25) is 0 Å². The van der Waals surface area contributed by atoms with E-state index in [-0.39, 0.29) is 17.3 Å². The Morgan fingerprint density at radius 2 is 1.66 bits per heavy atom. The molecule has 0 saturated carbocycles. The minimum absolute atomic E-state index is 0.0873. The van der Waals surface area contributed by atoms with Crippen molar-refractivity contribution in [2.45, 2.75) is 26.3 Å². The lowest BCUT2D eigenvalue weighted by Gasteiger charge is -2.41. The van der Waals surface area contributed by atoms with E-state index in [9.17, 15) is 14.3 Å². The van der Waals surface area contributed by atoms with Crippen LogP contribution in [0, 0.1) is 11.2 Å². The zero-order valence-corrected chi connectivity index (χ0v) is 16.4. The first-order valence-electron chi connectivity index (χ1n) is 9.57. The molecule has 1 heterocycles. The fourth-order valence-electron chi connectivity index (χ4n) is 3.95. The number of anilines is 3. The Labute approximate surface area is 169 Å². The number of hydrogen-bond acceptors (Lipinski definition) is 3. The molecule has 3 aromatic rings. The molecule has 29 heavy (non-hydrogen) atoms. The van der Waals surface area contributed by atoms with Crippen molar-refractivity contribution in [3.05, 3.63) is 89.2 Å². The molecule has 4 nitrogen and oxygen atoms in total. The van der Waals surface area contributed by atoms with Crippen molar-refractivity contribution in [1.82, 2.24) is 0 Å². The molecule has 1 atom stereocenters. The van der Waals surface area contributed by atoms with Gasteiger partial charge < -0.3 is 15.7 Å². The highest BCUT2D eigenvalue weighted by molar-refractivity contribution is 5.88. The largest absolute Gasteiger partial charge is 0.478 e. The van der Waals surface area contributed by atoms with Crippen LogP contribution in [0.4, 0.5) is 21.5 Å². The maximum Gasteiger partial charge on any atom is 0.335 e. The molecule has 4 rings (SSSR count). The molecule has 0 aliphatic carbocycles. The van der Waals surface area contributed by atoms with E-state index in [1.807, 2.05) is 18.2 Å². The van der Waals surface area contributed by atoms with Gasteiger partial charge >= 0.3 is 5.97 Å². The second-order valence-electron chi connectivity index (χ2n) is 8.17. The lowest BCUT2D eigenvalue weighted by molar-refractivity contribution is 0.0696. The van der Waals surface area contributed by atoms with Gasteiger partial charge in [0.1, 0.15) is 5.82 Å². The van der Waals surface area contributed by atoms with E-state index in [2.05, 4.69) is 36.6 Å². The molecule has 0 aromatic heterocycles. The topological polar surface area (TPSA) is 61.4 Å². The van der Waals surface area contributed by atoms with E-state index >= 15 is 0 Å². The number of benzene rings is 3. The number of halogens is 1. The molecule has 148 valence electrons. The third-order valence-electron chi connectivity index (χ3n) is 5.46. The first-order valence-corrected chi connectivity index (χ1v) is 9.57. The molecule has 3 aromatic carbocycles. The van der Waals surface area contributed by atoms with Gasteiger partial charge in [0, 0.05) is 17.1 Å². The van der Waals surface area contributed by atoms with E-state index in [0.717, 1.165) is 34.6 Å².